The molecule has 0 bridgehead atoms. The van der Waals surface area contributed by atoms with E-state index >= 15 is 0 Å². The monoisotopic (exact) mass is 892 g/mol. The maximum absolute atomic E-state index is 13.6. The lowest BCUT2D eigenvalue weighted by Gasteiger charge is -2.27. The molecule has 5 heterocycles. The second-order valence-electron chi connectivity index (χ2n) is 17.1. The van der Waals surface area contributed by atoms with E-state index < -0.39 is 0 Å². The van der Waals surface area contributed by atoms with Crippen LogP contribution in [-0.4, -0.2) is 66.8 Å². The van der Waals surface area contributed by atoms with Crippen molar-refractivity contribution in [2.75, 3.05) is 25.0 Å². The standard InChI is InChI=1S/C50H55N9O4.3CH3/c1-52-28-30-54(34-52)24-10-26-58-47(60)40-15-8-13-38-37(17-18-42(45(38)40)49(58)62)12-4-7-23-57-33-32-56(36-57)22-6-3-5-21-51-44-20-19-43-46-39(44)14-9-16-41(46)48(61)59(50(43)63)27-11-25-55-31-29-53(2)35-55;;;/h8-9,13-20,28-36H,3-7,10-12,21-27H2,1-2H3;3*1H3/q+2;3*-1/p+1. The van der Waals surface area contributed by atoms with Gasteiger partial charge in [0, 0.05) is 76.6 Å². The van der Waals surface area contributed by atoms with Gasteiger partial charge in [0.15, 0.2) is 0 Å². The first kappa shape index (κ1) is 48.6. The number of unbranched alkanes of at least 4 members (excludes halogenated alkanes) is 3. The molecule has 0 saturated heterocycles. The van der Waals surface area contributed by atoms with Crippen molar-refractivity contribution >= 4 is 50.9 Å². The maximum Gasteiger partial charge on any atom is 0.261 e. The van der Waals surface area contributed by atoms with E-state index in [2.05, 4.69) is 48.4 Å². The number of amides is 4. The second-order valence-corrected chi connectivity index (χ2v) is 17.1. The molecule has 0 aliphatic carbocycles. The molecule has 13 heteroatoms. The third-order valence-electron chi connectivity index (χ3n) is 12.6. The highest BCUT2D eigenvalue weighted by Gasteiger charge is 2.34. The summed E-state index contributed by atoms with van der Waals surface area (Å²) in [7, 11) is 3.94. The molecule has 7 aromatic rings. The molecule has 0 saturated carbocycles. The molecule has 4 amide bonds. The fourth-order valence-electron chi connectivity index (χ4n) is 9.35. The summed E-state index contributed by atoms with van der Waals surface area (Å²) in [6.45, 7) is 4.89. The van der Waals surface area contributed by atoms with Gasteiger partial charge in [0.1, 0.15) is 37.2 Å². The minimum absolute atomic E-state index is 0. The molecule has 2 aliphatic rings. The highest BCUT2D eigenvalue weighted by atomic mass is 16.2. The number of imidazole rings is 3. The van der Waals surface area contributed by atoms with Crippen molar-refractivity contribution in [2.24, 2.45) is 14.1 Å². The quantitative estimate of drug-likeness (QED) is 0.0372. The van der Waals surface area contributed by atoms with Crippen LogP contribution in [0.15, 0.2) is 117 Å². The van der Waals surface area contributed by atoms with Gasteiger partial charge in [-0.1, -0.05) is 30.3 Å². The number of rotatable bonds is 20. The van der Waals surface area contributed by atoms with E-state index in [-0.39, 0.29) is 45.9 Å². The Hall–Kier alpha value is -6.89. The Morgan fingerprint density at radius 2 is 1.00 bits per heavy atom. The number of carbonyl (C=O) groups excluding carboxylic acids is 4. The zero-order valence-electron chi connectivity index (χ0n) is 39.3. The number of nitrogens with zero attached hydrogens (tertiary/aromatic N) is 8. The Morgan fingerprint density at radius 3 is 1.59 bits per heavy atom. The van der Waals surface area contributed by atoms with Crippen LogP contribution < -0.4 is 19.0 Å². The molecule has 0 fully saturated rings. The molecule has 3 aromatic heterocycles. The normalized spacial score (nSPS) is 13.0. The van der Waals surface area contributed by atoms with E-state index in [1.165, 1.54) is 15.4 Å². The molecule has 9 rings (SSSR count). The average molecular weight is 892 g/mol. The van der Waals surface area contributed by atoms with Crippen LogP contribution >= 0.6 is 0 Å². The fourth-order valence-corrected chi connectivity index (χ4v) is 9.35. The molecule has 1 N–H and O–H groups in total. The minimum atomic E-state index is -0.222. The lowest BCUT2D eigenvalue weighted by Crippen LogP contribution is -2.41. The Bertz CT molecular complexity index is 2810. The highest BCUT2D eigenvalue weighted by Crippen LogP contribution is 2.35. The van der Waals surface area contributed by atoms with Crippen LogP contribution in [0, 0.1) is 22.3 Å². The summed E-state index contributed by atoms with van der Waals surface area (Å²) >= 11 is 0. The topological polar surface area (TPSA) is 113 Å². The summed E-state index contributed by atoms with van der Waals surface area (Å²) in [6.07, 6.45) is 25.8. The summed E-state index contributed by atoms with van der Waals surface area (Å²) in [5.41, 5.74) is 4.53. The van der Waals surface area contributed by atoms with E-state index in [9.17, 15) is 19.2 Å². The van der Waals surface area contributed by atoms with Crippen LogP contribution in [0.5, 0.6) is 0 Å². The SMILES string of the molecule is C[n+]1ccn(CCCN2C(=O)c3cccc4c(CCCCn5cc[n+](CCCCCNc6ccc7c8c(cccc68)C(=O)N(CCCn6cc[n+](C)c6)C7=O)c5)ccc(c34)C2=O)c1.[CH3-].[CH3-].[CH3-]. The van der Waals surface area contributed by atoms with Crippen molar-refractivity contribution in [2.45, 2.75) is 77.5 Å². The molecule has 66 heavy (non-hydrogen) atoms. The molecule has 2 aliphatic heterocycles. The zero-order chi connectivity index (χ0) is 43.5. The molecular formula is C53H65N9O4. The van der Waals surface area contributed by atoms with Crippen LogP contribution in [0.3, 0.4) is 0 Å². The van der Waals surface area contributed by atoms with Gasteiger partial charge >= 0.3 is 0 Å². The number of benzene rings is 4. The smallest absolute Gasteiger partial charge is 0.261 e. The van der Waals surface area contributed by atoms with Crippen molar-refractivity contribution in [1.82, 2.24) is 23.5 Å². The highest BCUT2D eigenvalue weighted by molar-refractivity contribution is 6.27. The number of anilines is 1. The number of hydrogen-bond donors (Lipinski definition) is 1. The van der Waals surface area contributed by atoms with Gasteiger partial charge in [-0.3, -0.25) is 29.0 Å². The van der Waals surface area contributed by atoms with Gasteiger partial charge in [-0.2, -0.15) is 0 Å². The molecule has 0 unspecified atom stereocenters. The van der Waals surface area contributed by atoms with Crippen molar-refractivity contribution in [1.29, 1.82) is 0 Å². The average Bonchev–Trinajstić information content (AvgIpc) is 4.05. The first-order valence-electron chi connectivity index (χ1n) is 22.4. The van der Waals surface area contributed by atoms with Crippen molar-refractivity contribution in [3.8, 4) is 0 Å². The van der Waals surface area contributed by atoms with Gasteiger partial charge in [-0.15, -0.1) is 0 Å². The van der Waals surface area contributed by atoms with Gasteiger partial charge in [-0.05, 0) is 79.8 Å². The summed E-state index contributed by atoms with van der Waals surface area (Å²) in [5, 5.41) is 7.04. The van der Waals surface area contributed by atoms with E-state index in [4.69, 9.17) is 0 Å². The molecule has 0 radical (unpaired) electrons. The van der Waals surface area contributed by atoms with E-state index in [1.54, 1.807) is 0 Å². The van der Waals surface area contributed by atoms with Gasteiger partial charge in [0.2, 0.25) is 19.0 Å². The predicted molar refractivity (Wildman–Crippen MR) is 258 cm³/mol. The van der Waals surface area contributed by atoms with Crippen LogP contribution in [0.4, 0.5) is 5.69 Å². The van der Waals surface area contributed by atoms with Crippen molar-refractivity contribution in [3.05, 3.63) is 167 Å². The lowest BCUT2D eigenvalue weighted by atomic mass is 9.90. The van der Waals surface area contributed by atoms with E-state index in [1.807, 2.05) is 115 Å². The van der Waals surface area contributed by atoms with Gasteiger partial charge in [0.05, 0.1) is 40.3 Å². The van der Waals surface area contributed by atoms with Crippen LogP contribution in [0.1, 0.15) is 91.9 Å². The largest absolute Gasteiger partial charge is 0.385 e. The minimum Gasteiger partial charge on any atom is -0.385 e. The van der Waals surface area contributed by atoms with Gasteiger partial charge in [-0.25, -0.2) is 27.4 Å². The summed E-state index contributed by atoms with van der Waals surface area (Å²) in [5.74, 6) is -0.851. The summed E-state index contributed by atoms with van der Waals surface area (Å²) in [6, 6.07) is 19.4. The number of aromatic nitrogens is 6. The summed E-state index contributed by atoms with van der Waals surface area (Å²) in [4.78, 5) is 57.0. The Morgan fingerprint density at radius 1 is 0.485 bits per heavy atom. The number of carbonyl (C=O) groups is 4. The predicted octanol–water partition coefficient (Wildman–Crippen LogP) is 7.36. The van der Waals surface area contributed by atoms with Crippen molar-refractivity contribution < 1.29 is 32.9 Å². The third kappa shape index (κ3) is 10.00. The Labute approximate surface area is 389 Å². The molecule has 13 nitrogen and oxygen atoms in total. The van der Waals surface area contributed by atoms with E-state index in [0.717, 1.165) is 98.5 Å². The number of hydrogen-bond acceptors (Lipinski definition) is 5. The lowest BCUT2D eigenvalue weighted by molar-refractivity contribution is -0.696. The molecule has 0 atom stereocenters. The molecule has 346 valence electrons. The molecular weight excluding hydrogens is 827 g/mol. The van der Waals surface area contributed by atoms with Gasteiger partial charge < -0.3 is 27.6 Å². The van der Waals surface area contributed by atoms with Crippen LogP contribution in [0.2, 0.25) is 0 Å². The molecule has 0 spiro atoms. The number of aryl methyl sites for hydroxylation is 7. The van der Waals surface area contributed by atoms with E-state index in [0.29, 0.717) is 48.2 Å². The maximum atomic E-state index is 13.6. The summed E-state index contributed by atoms with van der Waals surface area (Å²) < 4.78 is 12.6. The number of nitrogens with one attached hydrogen (secondary N) is 1. The Balaban J connectivity index is 0.00000240. The zero-order valence-corrected chi connectivity index (χ0v) is 39.3. The van der Waals surface area contributed by atoms with Crippen LogP contribution in [0.25, 0.3) is 21.5 Å². The van der Waals surface area contributed by atoms with Crippen LogP contribution in [-0.2, 0) is 46.7 Å². The van der Waals surface area contributed by atoms with Gasteiger partial charge in [0.25, 0.3) is 23.6 Å². The first-order chi connectivity index (χ1) is 30.7. The Kier molecular flexibility index (Phi) is 15.7. The third-order valence-corrected chi connectivity index (χ3v) is 12.6. The van der Waals surface area contributed by atoms with Crippen molar-refractivity contribution in [3.63, 3.8) is 0 Å². The second kappa shape index (κ2) is 21.4. The number of imide groups is 2. The fraction of sp³-hybridized carbons (Fsp3) is 0.321. The first-order valence-corrected chi connectivity index (χ1v) is 22.4. The molecule has 4 aromatic carbocycles.